The summed E-state index contributed by atoms with van der Waals surface area (Å²) in [5.41, 5.74) is 6.36. The van der Waals surface area contributed by atoms with Crippen molar-refractivity contribution < 1.29 is 14.6 Å². The van der Waals surface area contributed by atoms with E-state index in [4.69, 9.17) is 15.2 Å². The summed E-state index contributed by atoms with van der Waals surface area (Å²) in [4.78, 5) is 0. The lowest BCUT2D eigenvalue weighted by atomic mass is 10.3. The topological polar surface area (TPSA) is 95.4 Å². The van der Waals surface area contributed by atoms with Gasteiger partial charge >= 0.3 is 0 Å². The first-order valence-electron chi connectivity index (χ1n) is 5.54. The summed E-state index contributed by atoms with van der Waals surface area (Å²) in [6.07, 6.45) is 1.11. The van der Waals surface area contributed by atoms with E-state index in [-0.39, 0.29) is 12.6 Å². The highest BCUT2D eigenvalue weighted by atomic mass is 16.5. The maximum atomic E-state index is 9.66. The van der Waals surface area contributed by atoms with Crippen LogP contribution >= 0.6 is 0 Å². The molecule has 0 aliphatic carbocycles. The van der Waals surface area contributed by atoms with Crippen LogP contribution < -0.4 is 5.73 Å². The summed E-state index contributed by atoms with van der Waals surface area (Å²) < 4.78 is 11.6. The van der Waals surface area contributed by atoms with Crippen LogP contribution in [0.15, 0.2) is 6.20 Å². The van der Waals surface area contributed by atoms with Gasteiger partial charge in [-0.3, -0.25) is 0 Å². The van der Waals surface area contributed by atoms with Gasteiger partial charge in [-0.25, -0.2) is 4.68 Å². The highest BCUT2D eigenvalue weighted by molar-refractivity contribution is 4.97. The van der Waals surface area contributed by atoms with E-state index < -0.39 is 6.10 Å². The van der Waals surface area contributed by atoms with Gasteiger partial charge < -0.3 is 20.3 Å². The summed E-state index contributed by atoms with van der Waals surface area (Å²) >= 11 is 0. The number of rotatable bonds is 8. The standard InChI is InChI=1S/C10H20N4O3/c1-8(11)10-6-14(13-12-10)5-9(15)7-17-4-3-16-2/h6,8-9,15H,3-5,7,11H2,1-2H3. The van der Waals surface area contributed by atoms with E-state index in [0.29, 0.717) is 25.5 Å². The van der Waals surface area contributed by atoms with Gasteiger partial charge in [0.2, 0.25) is 0 Å². The van der Waals surface area contributed by atoms with Crippen LogP contribution in [-0.2, 0) is 16.0 Å². The van der Waals surface area contributed by atoms with E-state index in [9.17, 15) is 5.11 Å². The minimum absolute atomic E-state index is 0.154. The molecule has 1 heterocycles. The lowest BCUT2D eigenvalue weighted by Crippen LogP contribution is -2.23. The third-order valence-electron chi connectivity index (χ3n) is 2.16. The predicted molar refractivity (Wildman–Crippen MR) is 61.3 cm³/mol. The first kappa shape index (κ1) is 14.0. The van der Waals surface area contributed by atoms with Crippen molar-refractivity contribution in [3.63, 3.8) is 0 Å². The second kappa shape index (κ2) is 7.33. The van der Waals surface area contributed by atoms with Crippen LogP contribution in [0.25, 0.3) is 0 Å². The van der Waals surface area contributed by atoms with Crippen LogP contribution in [0.5, 0.6) is 0 Å². The van der Waals surface area contributed by atoms with Crippen molar-refractivity contribution in [1.29, 1.82) is 0 Å². The van der Waals surface area contributed by atoms with Gasteiger partial charge in [-0.15, -0.1) is 5.10 Å². The molecule has 0 amide bonds. The molecule has 2 unspecified atom stereocenters. The highest BCUT2D eigenvalue weighted by Gasteiger charge is 2.09. The van der Waals surface area contributed by atoms with Gasteiger partial charge in [0.1, 0.15) is 0 Å². The Kier molecular flexibility index (Phi) is 6.06. The lowest BCUT2D eigenvalue weighted by molar-refractivity contribution is 0.00578. The van der Waals surface area contributed by atoms with Crippen molar-refractivity contribution in [2.75, 3.05) is 26.9 Å². The summed E-state index contributed by atoms with van der Waals surface area (Å²) in [5.74, 6) is 0. The summed E-state index contributed by atoms with van der Waals surface area (Å²) in [6, 6.07) is -0.154. The number of nitrogens with two attached hydrogens (primary N) is 1. The highest BCUT2D eigenvalue weighted by Crippen LogP contribution is 2.04. The number of hydrogen-bond acceptors (Lipinski definition) is 6. The zero-order valence-corrected chi connectivity index (χ0v) is 10.2. The Labute approximate surface area is 101 Å². The molecule has 0 aliphatic heterocycles. The molecule has 0 fully saturated rings. The zero-order valence-electron chi connectivity index (χ0n) is 10.2. The first-order valence-corrected chi connectivity index (χ1v) is 5.54. The summed E-state index contributed by atoms with van der Waals surface area (Å²) in [5, 5.41) is 17.4. The fraction of sp³-hybridized carbons (Fsp3) is 0.800. The van der Waals surface area contributed by atoms with Crippen LogP contribution in [0.3, 0.4) is 0 Å². The van der Waals surface area contributed by atoms with E-state index in [1.807, 2.05) is 6.92 Å². The second-order valence-electron chi connectivity index (χ2n) is 3.88. The van der Waals surface area contributed by atoms with Crippen molar-refractivity contribution in [2.24, 2.45) is 5.73 Å². The largest absolute Gasteiger partial charge is 0.389 e. The number of aliphatic hydroxyl groups is 1. The van der Waals surface area contributed by atoms with E-state index in [0.717, 1.165) is 0 Å². The monoisotopic (exact) mass is 244 g/mol. The maximum absolute atomic E-state index is 9.66. The Morgan fingerprint density at radius 1 is 1.53 bits per heavy atom. The van der Waals surface area contributed by atoms with Gasteiger partial charge in [0.25, 0.3) is 0 Å². The third kappa shape index (κ3) is 5.22. The summed E-state index contributed by atoms with van der Waals surface area (Å²) in [7, 11) is 1.60. The van der Waals surface area contributed by atoms with Gasteiger partial charge in [0, 0.05) is 13.2 Å². The Balaban J connectivity index is 2.27. The summed E-state index contributed by atoms with van der Waals surface area (Å²) in [6.45, 7) is 3.41. The molecule has 1 aromatic heterocycles. The minimum Gasteiger partial charge on any atom is -0.389 e. The molecule has 7 heteroatoms. The average Bonchev–Trinajstić information content (AvgIpc) is 2.73. The third-order valence-corrected chi connectivity index (χ3v) is 2.16. The fourth-order valence-electron chi connectivity index (χ4n) is 1.24. The van der Waals surface area contributed by atoms with Gasteiger partial charge in [-0.1, -0.05) is 5.21 Å². The van der Waals surface area contributed by atoms with Crippen molar-refractivity contribution in [1.82, 2.24) is 15.0 Å². The number of nitrogens with zero attached hydrogens (tertiary/aromatic N) is 3. The van der Waals surface area contributed by atoms with Crippen molar-refractivity contribution in [2.45, 2.75) is 25.6 Å². The van der Waals surface area contributed by atoms with Crippen LogP contribution in [0.4, 0.5) is 0 Å². The normalized spacial score (nSPS) is 14.8. The molecule has 0 spiro atoms. The maximum Gasteiger partial charge on any atom is 0.0991 e. The molecule has 17 heavy (non-hydrogen) atoms. The molecular formula is C10H20N4O3. The minimum atomic E-state index is -0.616. The van der Waals surface area contributed by atoms with E-state index in [1.54, 1.807) is 18.0 Å². The van der Waals surface area contributed by atoms with Gasteiger partial charge in [0.05, 0.1) is 44.4 Å². The Bertz CT molecular complexity index is 316. The van der Waals surface area contributed by atoms with Gasteiger partial charge in [-0.05, 0) is 6.92 Å². The smallest absolute Gasteiger partial charge is 0.0991 e. The van der Waals surface area contributed by atoms with E-state index >= 15 is 0 Å². The van der Waals surface area contributed by atoms with Crippen molar-refractivity contribution in [3.8, 4) is 0 Å². The average molecular weight is 244 g/mol. The lowest BCUT2D eigenvalue weighted by Gasteiger charge is -2.10. The SMILES string of the molecule is COCCOCC(O)Cn1cc(C(C)N)nn1. The fourth-order valence-corrected chi connectivity index (χ4v) is 1.24. The number of hydrogen-bond donors (Lipinski definition) is 2. The molecule has 98 valence electrons. The first-order chi connectivity index (χ1) is 8.13. The van der Waals surface area contributed by atoms with Crippen LogP contribution in [-0.4, -0.2) is 53.1 Å². The molecular weight excluding hydrogens is 224 g/mol. The number of aliphatic hydroxyl groups excluding tert-OH is 1. The Morgan fingerprint density at radius 2 is 2.29 bits per heavy atom. The Hall–Kier alpha value is -1.02. The second-order valence-corrected chi connectivity index (χ2v) is 3.88. The van der Waals surface area contributed by atoms with Crippen molar-refractivity contribution in [3.05, 3.63) is 11.9 Å². The van der Waals surface area contributed by atoms with Crippen LogP contribution in [0.2, 0.25) is 0 Å². The predicted octanol–water partition coefficient (Wildman–Crippen LogP) is -0.678. The molecule has 7 nitrogen and oxygen atoms in total. The molecule has 1 rings (SSSR count). The van der Waals surface area contributed by atoms with Crippen LogP contribution in [0, 0.1) is 0 Å². The molecule has 3 N–H and O–H groups in total. The molecule has 2 atom stereocenters. The zero-order chi connectivity index (χ0) is 12.7. The molecule has 0 aromatic carbocycles. The molecule has 0 radical (unpaired) electrons. The Morgan fingerprint density at radius 3 is 2.88 bits per heavy atom. The molecule has 0 saturated carbocycles. The molecule has 0 bridgehead atoms. The number of ether oxygens (including phenoxy) is 2. The van der Waals surface area contributed by atoms with Crippen molar-refractivity contribution >= 4 is 0 Å². The van der Waals surface area contributed by atoms with Crippen LogP contribution in [0.1, 0.15) is 18.7 Å². The molecule has 1 aromatic rings. The molecule has 0 saturated heterocycles. The van der Waals surface area contributed by atoms with E-state index in [2.05, 4.69) is 10.3 Å². The number of methoxy groups -OCH3 is 1. The quantitative estimate of drug-likeness (QED) is 0.588. The van der Waals surface area contributed by atoms with Gasteiger partial charge in [0.15, 0.2) is 0 Å². The van der Waals surface area contributed by atoms with Gasteiger partial charge in [-0.2, -0.15) is 0 Å². The van der Waals surface area contributed by atoms with E-state index in [1.165, 1.54) is 0 Å². The molecule has 0 aliphatic rings. The number of aromatic nitrogens is 3.